The quantitative estimate of drug-likeness (QED) is 0.284. The average molecular weight is 502 g/mol. The highest BCUT2D eigenvalue weighted by molar-refractivity contribution is 7.99. The van der Waals surface area contributed by atoms with Crippen molar-refractivity contribution in [1.82, 2.24) is 10.2 Å². The lowest BCUT2D eigenvalue weighted by atomic mass is 10.1. The van der Waals surface area contributed by atoms with Crippen LogP contribution in [0.25, 0.3) is 0 Å². The monoisotopic (exact) mass is 500 g/mol. The van der Waals surface area contributed by atoms with Crippen molar-refractivity contribution in [1.29, 1.82) is 0 Å². The molecule has 0 radical (unpaired) electrons. The third kappa shape index (κ3) is 8.23. The predicted molar refractivity (Wildman–Crippen MR) is 131 cm³/mol. The lowest BCUT2D eigenvalue weighted by molar-refractivity contribution is -0.140. The highest BCUT2D eigenvalue weighted by Gasteiger charge is 2.27. The van der Waals surface area contributed by atoms with E-state index in [9.17, 15) is 9.59 Å². The number of nitrogens with one attached hydrogen (secondary N) is 1. The predicted octanol–water partition coefficient (Wildman–Crippen LogP) is 6.46. The minimum Gasteiger partial charge on any atom is -0.354 e. The zero-order valence-electron chi connectivity index (χ0n) is 17.7. The zero-order valence-corrected chi connectivity index (χ0v) is 20.8. The van der Waals surface area contributed by atoms with Gasteiger partial charge in [0.05, 0.1) is 0 Å². The number of amides is 2. The van der Waals surface area contributed by atoms with Crippen molar-refractivity contribution in [2.24, 2.45) is 0 Å². The number of carbonyl (C=O) groups excluding carboxylic acids is 2. The maximum absolute atomic E-state index is 13.1. The van der Waals surface area contributed by atoms with E-state index in [4.69, 9.17) is 34.8 Å². The number of thioether (sulfide) groups is 1. The smallest absolute Gasteiger partial charge is 0.242 e. The largest absolute Gasteiger partial charge is 0.354 e. The molecule has 0 heterocycles. The highest BCUT2D eigenvalue weighted by Crippen LogP contribution is 2.27. The van der Waals surface area contributed by atoms with Gasteiger partial charge in [-0.3, -0.25) is 9.59 Å². The summed E-state index contributed by atoms with van der Waals surface area (Å²) in [7, 11) is 0. The van der Waals surface area contributed by atoms with Gasteiger partial charge in [-0.1, -0.05) is 54.2 Å². The van der Waals surface area contributed by atoms with E-state index in [0.29, 0.717) is 32.9 Å². The second-order valence-corrected chi connectivity index (χ2v) is 9.51. The van der Waals surface area contributed by atoms with Gasteiger partial charge in [0.15, 0.2) is 0 Å². The first-order chi connectivity index (χ1) is 14.8. The number of nitrogens with zero attached hydrogens (tertiary/aromatic N) is 1. The van der Waals surface area contributed by atoms with Gasteiger partial charge in [-0.25, -0.2) is 0 Å². The summed E-state index contributed by atoms with van der Waals surface area (Å²) in [6.45, 7) is 4.55. The molecule has 2 rings (SSSR count). The molecule has 0 aromatic heterocycles. The molecule has 2 amide bonds. The SMILES string of the molecule is CCCCNC(=O)[C@H](C)N(Cc1c(Cl)cccc1Cl)C(=O)CCSc1ccc(Cl)cc1. The minimum atomic E-state index is -0.641. The summed E-state index contributed by atoms with van der Waals surface area (Å²) in [6, 6.07) is 12.0. The molecule has 0 aliphatic rings. The number of carbonyl (C=O) groups is 2. The van der Waals surface area contributed by atoms with Crippen molar-refractivity contribution in [2.75, 3.05) is 12.3 Å². The zero-order chi connectivity index (χ0) is 22.8. The number of halogens is 3. The van der Waals surface area contributed by atoms with Crippen LogP contribution in [-0.4, -0.2) is 35.1 Å². The molecule has 0 unspecified atom stereocenters. The normalized spacial score (nSPS) is 11.8. The third-order valence-corrected chi connectivity index (χ3v) is 6.76. The number of rotatable bonds is 11. The van der Waals surface area contributed by atoms with Crippen LogP contribution in [0, 0.1) is 0 Å². The summed E-state index contributed by atoms with van der Waals surface area (Å²) < 4.78 is 0. The number of hydrogen-bond acceptors (Lipinski definition) is 3. The van der Waals surface area contributed by atoms with Crippen LogP contribution in [0.3, 0.4) is 0 Å². The molecule has 2 aromatic rings. The molecule has 0 saturated carbocycles. The van der Waals surface area contributed by atoms with E-state index < -0.39 is 6.04 Å². The molecule has 0 saturated heterocycles. The Bertz CT molecular complexity index is 857. The summed E-state index contributed by atoms with van der Waals surface area (Å²) in [5, 5.41) is 4.52. The molecule has 8 heteroatoms. The first-order valence-corrected chi connectivity index (χ1v) is 12.3. The topological polar surface area (TPSA) is 49.4 Å². The summed E-state index contributed by atoms with van der Waals surface area (Å²) in [6.07, 6.45) is 2.15. The summed E-state index contributed by atoms with van der Waals surface area (Å²) in [5.41, 5.74) is 0.637. The molecule has 1 atom stereocenters. The van der Waals surface area contributed by atoms with Crippen LogP contribution in [0.15, 0.2) is 47.4 Å². The number of unbranched alkanes of at least 4 members (excludes halogenated alkanes) is 1. The molecule has 0 aliphatic carbocycles. The van der Waals surface area contributed by atoms with Crippen LogP contribution in [0.5, 0.6) is 0 Å². The Kier molecular flexibility index (Phi) is 11.0. The number of hydrogen-bond donors (Lipinski definition) is 1. The molecule has 168 valence electrons. The average Bonchev–Trinajstić information content (AvgIpc) is 2.74. The van der Waals surface area contributed by atoms with Crippen molar-refractivity contribution in [3.05, 3.63) is 63.1 Å². The molecule has 2 aromatic carbocycles. The van der Waals surface area contributed by atoms with Gasteiger partial charge < -0.3 is 10.2 Å². The summed E-state index contributed by atoms with van der Waals surface area (Å²) >= 11 is 20.1. The van der Waals surface area contributed by atoms with Gasteiger partial charge in [-0.05, 0) is 49.7 Å². The van der Waals surface area contributed by atoms with Crippen molar-refractivity contribution in [2.45, 2.75) is 50.6 Å². The van der Waals surface area contributed by atoms with E-state index in [1.54, 1.807) is 41.8 Å². The van der Waals surface area contributed by atoms with Gasteiger partial charge in [0.1, 0.15) is 6.04 Å². The van der Waals surface area contributed by atoms with E-state index in [-0.39, 0.29) is 24.8 Å². The third-order valence-electron chi connectivity index (χ3n) is 4.79. The molecule has 4 nitrogen and oxygen atoms in total. The standard InChI is InChI=1S/C23H27Cl3N2O2S/c1-3-4-13-27-23(30)16(2)28(15-19-20(25)6-5-7-21(19)26)22(29)12-14-31-18-10-8-17(24)9-11-18/h5-11,16H,3-4,12-15H2,1-2H3,(H,27,30)/t16-/m0/s1. The Morgan fingerprint density at radius 3 is 2.32 bits per heavy atom. The van der Waals surface area contributed by atoms with Crippen LogP contribution in [0.4, 0.5) is 0 Å². The molecule has 0 aliphatic heterocycles. The molecular formula is C23H27Cl3N2O2S. The molecule has 0 spiro atoms. The van der Waals surface area contributed by atoms with E-state index in [0.717, 1.165) is 17.7 Å². The van der Waals surface area contributed by atoms with Crippen LogP contribution in [0.1, 0.15) is 38.7 Å². The van der Waals surface area contributed by atoms with Crippen LogP contribution < -0.4 is 5.32 Å². The molecular weight excluding hydrogens is 475 g/mol. The van der Waals surface area contributed by atoms with E-state index in [2.05, 4.69) is 12.2 Å². The molecule has 0 fully saturated rings. The Morgan fingerprint density at radius 2 is 1.71 bits per heavy atom. The van der Waals surface area contributed by atoms with Gasteiger partial charge >= 0.3 is 0 Å². The Balaban J connectivity index is 2.10. The summed E-state index contributed by atoms with van der Waals surface area (Å²) in [5.74, 6) is 0.267. The number of benzene rings is 2. The van der Waals surface area contributed by atoms with E-state index in [1.807, 2.05) is 24.3 Å². The van der Waals surface area contributed by atoms with Crippen molar-refractivity contribution in [3.8, 4) is 0 Å². The van der Waals surface area contributed by atoms with Crippen molar-refractivity contribution >= 4 is 58.4 Å². The van der Waals surface area contributed by atoms with Crippen LogP contribution >= 0.6 is 46.6 Å². The maximum Gasteiger partial charge on any atom is 0.242 e. The highest BCUT2D eigenvalue weighted by atomic mass is 35.5. The Labute approximate surface area is 203 Å². The van der Waals surface area contributed by atoms with Gasteiger partial charge in [0, 0.05) is 50.8 Å². The lowest BCUT2D eigenvalue weighted by Gasteiger charge is -2.29. The van der Waals surface area contributed by atoms with Crippen molar-refractivity contribution in [3.63, 3.8) is 0 Å². The van der Waals surface area contributed by atoms with E-state index >= 15 is 0 Å². The van der Waals surface area contributed by atoms with Gasteiger partial charge in [-0.15, -0.1) is 11.8 Å². The van der Waals surface area contributed by atoms with Crippen LogP contribution in [0.2, 0.25) is 15.1 Å². The van der Waals surface area contributed by atoms with Gasteiger partial charge in [0.25, 0.3) is 0 Å². The Morgan fingerprint density at radius 1 is 1.06 bits per heavy atom. The fourth-order valence-corrected chi connectivity index (χ4v) is 4.39. The molecule has 0 bridgehead atoms. The maximum atomic E-state index is 13.1. The minimum absolute atomic E-state index is 0.129. The fraction of sp³-hybridized carbons (Fsp3) is 0.391. The summed E-state index contributed by atoms with van der Waals surface area (Å²) in [4.78, 5) is 28.4. The van der Waals surface area contributed by atoms with Gasteiger partial charge in [0.2, 0.25) is 11.8 Å². The van der Waals surface area contributed by atoms with Crippen molar-refractivity contribution < 1.29 is 9.59 Å². The first-order valence-electron chi connectivity index (χ1n) is 10.2. The molecule has 1 N–H and O–H groups in total. The lowest BCUT2D eigenvalue weighted by Crippen LogP contribution is -2.48. The van der Waals surface area contributed by atoms with E-state index in [1.165, 1.54) is 0 Å². The Hall–Kier alpha value is -1.40. The second-order valence-electron chi connectivity index (χ2n) is 7.09. The van der Waals surface area contributed by atoms with Crippen LogP contribution in [-0.2, 0) is 16.1 Å². The van der Waals surface area contributed by atoms with Gasteiger partial charge in [-0.2, -0.15) is 0 Å². The second kappa shape index (κ2) is 13.2. The molecule has 31 heavy (non-hydrogen) atoms. The first kappa shape index (κ1) is 25.9. The fourth-order valence-electron chi connectivity index (χ4n) is 2.90.